The number of carbonyl (C=O) groups is 2. The molecule has 1 heterocycles. The Bertz CT molecular complexity index is 606. The first kappa shape index (κ1) is 21.5. The van der Waals surface area contributed by atoms with Gasteiger partial charge in [-0.25, -0.2) is 0 Å². The van der Waals surface area contributed by atoms with Gasteiger partial charge in [-0.1, -0.05) is 26.7 Å². The first-order valence-electron chi connectivity index (χ1n) is 10.1. The molecule has 1 aliphatic carbocycles. The highest BCUT2D eigenvalue weighted by Crippen LogP contribution is 2.27. The zero-order chi connectivity index (χ0) is 19.8. The summed E-state index contributed by atoms with van der Waals surface area (Å²) in [5.41, 5.74) is 1.07. The van der Waals surface area contributed by atoms with Gasteiger partial charge in [0, 0.05) is 45.1 Å². The molecular weight excluding hydrogens is 342 g/mol. The lowest BCUT2D eigenvalue weighted by Gasteiger charge is -2.30. The topological polar surface area (TPSA) is 54.8 Å². The Balaban J connectivity index is 2.07. The number of rotatable bonds is 10. The molecule has 6 nitrogen and oxygen atoms in total. The molecule has 1 aromatic rings. The summed E-state index contributed by atoms with van der Waals surface area (Å²) in [6, 6.07) is 3.99. The Labute approximate surface area is 163 Å². The van der Waals surface area contributed by atoms with Crippen LogP contribution in [0.2, 0.25) is 0 Å². The lowest BCUT2D eigenvalue weighted by atomic mass is 10.1. The molecule has 1 saturated carbocycles. The van der Waals surface area contributed by atoms with Crippen LogP contribution in [0.3, 0.4) is 0 Å². The van der Waals surface area contributed by atoms with Crippen molar-refractivity contribution < 1.29 is 14.3 Å². The van der Waals surface area contributed by atoms with E-state index in [1.54, 1.807) is 16.9 Å². The summed E-state index contributed by atoms with van der Waals surface area (Å²) in [6.07, 6.45) is 6.13. The number of hydrogen-bond acceptors (Lipinski definition) is 3. The third kappa shape index (κ3) is 6.38. The first-order valence-corrected chi connectivity index (χ1v) is 10.1. The van der Waals surface area contributed by atoms with Crippen molar-refractivity contribution in [2.75, 3.05) is 33.4 Å². The smallest absolute Gasteiger partial charge is 0.242 e. The maximum atomic E-state index is 13.1. The van der Waals surface area contributed by atoms with E-state index in [1.165, 1.54) is 0 Å². The molecule has 27 heavy (non-hydrogen) atoms. The van der Waals surface area contributed by atoms with Gasteiger partial charge in [-0.15, -0.1) is 0 Å². The Kier molecular flexibility index (Phi) is 8.35. The molecule has 6 heteroatoms. The largest absolute Gasteiger partial charge is 0.383 e. The third-order valence-electron chi connectivity index (χ3n) is 5.25. The van der Waals surface area contributed by atoms with E-state index in [4.69, 9.17) is 4.74 Å². The van der Waals surface area contributed by atoms with E-state index in [0.29, 0.717) is 32.2 Å². The number of aromatic nitrogens is 1. The van der Waals surface area contributed by atoms with E-state index in [2.05, 4.69) is 13.8 Å². The molecule has 1 fully saturated rings. The SMILES string of the molecule is COCCN(Cc1cccn1C)C(=O)CN(CC(C)C)C(=O)C1CCCC1. The van der Waals surface area contributed by atoms with Crippen molar-refractivity contribution in [3.05, 3.63) is 24.0 Å². The number of carbonyl (C=O) groups excluding carboxylic acids is 2. The molecule has 0 bridgehead atoms. The van der Waals surface area contributed by atoms with Gasteiger partial charge < -0.3 is 19.1 Å². The van der Waals surface area contributed by atoms with Gasteiger partial charge in [0.25, 0.3) is 0 Å². The molecular formula is C21H35N3O3. The molecule has 0 N–H and O–H groups in total. The number of amides is 2. The Morgan fingerprint density at radius 3 is 2.52 bits per heavy atom. The van der Waals surface area contributed by atoms with Gasteiger partial charge in [-0.2, -0.15) is 0 Å². The molecule has 2 amide bonds. The summed E-state index contributed by atoms with van der Waals surface area (Å²) in [5, 5.41) is 0. The molecule has 0 aliphatic heterocycles. The van der Waals surface area contributed by atoms with Crippen molar-refractivity contribution in [3.8, 4) is 0 Å². The van der Waals surface area contributed by atoms with E-state index in [0.717, 1.165) is 31.4 Å². The zero-order valence-corrected chi connectivity index (χ0v) is 17.3. The second kappa shape index (κ2) is 10.5. The minimum Gasteiger partial charge on any atom is -0.383 e. The molecule has 0 atom stereocenters. The average Bonchev–Trinajstić information content (AvgIpc) is 3.29. The minimum atomic E-state index is -0.0137. The average molecular weight is 378 g/mol. The van der Waals surface area contributed by atoms with Crippen LogP contribution in [0.25, 0.3) is 0 Å². The Morgan fingerprint density at radius 2 is 1.96 bits per heavy atom. The van der Waals surface area contributed by atoms with E-state index in [-0.39, 0.29) is 24.3 Å². The van der Waals surface area contributed by atoms with Crippen molar-refractivity contribution in [2.45, 2.75) is 46.1 Å². The molecule has 1 aromatic heterocycles. The predicted molar refractivity (Wildman–Crippen MR) is 106 cm³/mol. The number of methoxy groups -OCH3 is 1. The molecule has 0 unspecified atom stereocenters. The first-order chi connectivity index (χ1) is 12.9. The third-order valence-corrected chi connectivity index (χ3v) is 5.25. The molecule has 2 rings (SSSR count). The lowest BCUT2D eigenvalue weighted by molar-refractivity contribution is -0.144. The van der Waals surface area contributed by atoms with Crippen molar-refractivity contribution >= 4 is 11.8 Å². The maximum absolute atomic E-state index is 13.1. The van der Waals surface area contributed by atoms with E-state index in [9.17, 15) is 9.59 Å². The van der Waals surface area contributed by atoms with Gasteiger partial charge in [0.15, 0.2) is 0 Å². The second-order valence-corrected chi connectivity index (χ2v) is 8.01. The van der Waals surface area contributed by atoms with Crippen LogP contribution < -0.4 is 0 Å². The Hall–Kier alpha value is -1.82. The maximum Gasteiger partial charge on any atom is 0.242 e. The molecule has 152 valence electrons. The second-order valence-electron chi connectivity index (χ2n) is 8.01. The van der Waals surface area contributed by atoms with Crippen molar-refractivity contribution in [1.82, 2.24) is 14.4 Å². The standard InChI is InChI=1S/C21H35N3O3/c1-17(2)14-24(21(26)18-8-5-6-9-18)16-20(25)23(12-13-27-4)15-19-10-7-11-22(19)3/h7,10-11,17-18H,5-6,8-9,12-16H2,1-4H3. The van der Waals surface area contributed by atoms with Crippen LogP contribution in [0.15, 0.2) is 18.3 Å². The summed E-state index contributed by atoms with van der Waals surface area (Å²) in [7, 11) is 3.61. The zero-order valence-electron chi connectivity index (χ0n) is 17.3. The van der Waals surface area contributed by atoms with Crippen LogP contribution >= 0.6 is 0 Å². The van der Waals surface area contributed by atoms with Gasteiger partial charge in [0.1, 0.15) is 0 Å². The minimum absolute atomic E-state index is 0.0137. The van der Waals surface area contributed by atoms with Crippen molar-refractivity contribution in [3.63, 3.8) is 0 Å². The van der Waals surface area contributed by atoms with Gasteiger partial charge in [0.2, 0.25) is 11.8 Å². The number of nitrogens with zero attached hydrogens (tertiary/aromatic N) is 3. The van der Waals surface area contributed by atoms with Gasteiger partial charge in [-0.05, 0) is 30.9 Å². The van der Waals surface area contributed by atoms with Crippen LogP contribution in [0, 0.1) is 11.8 Å². The normalized spacial score (nSPS) is 14.7. The predicted octanol–water partition coefficient (Wildman–Crippen LogP) is 2.67. The van der Waals surface area contributed by atoms with Crippen LogP contribution in [0.1, 0.15) is 45.2 Å². The highest BCUT2D eigenvalue weighted by Gasteiger charge is 2.29. The fourth-order valence-corrected chi connectivity index (χ4v) is 3.72. The molecule has 0 radical (unpaired) electrons. The molecule has 0 spiro atoms. The lowest BCUT2D eigenvalue weighted by Crippen LogP contribution is -2.46. The Morgan fingerprint density at radius 1 is 1.26 bits per heavy atom. The monoisotopic (exact) mass is 377 g/mol. The fourth-order valence-electron chi connectivity index (χ4n) is 3.72. The van der Waals surface area contributed by atoms with Gasteiger partial charge in [0.05, 0.1) is 19.7 Å². The quantitative estimate of drug-likeness (QED) is 0.630. The summed E-state index contributed by atoms with van der Waals surface area (Å²) >= 11 is 0. The van der Waals surface area contributed by atoms with Crippen LogP contribution in [0.5, 0.6) is 0 Å². The summed E-state index contributed by atoms with van der Waals surface area (Å²) in [4.78, 5) is 29.6. The fraction of sp³-hybridized carbons (Fsp3) is 0.714. The number of hydrogen-bond donors (Lipinski definition) is 0. The van der Waals surface area contributed by atoms with Gasteiger partial charge in [-0.3, -0.25) is 9.59 Å². The van der Waals surface area contributed by atoms with Crippen molar-refractivity contribution in [1.29, 1.82) is 0 Å². The summed E-state index contributed by atoms with van der Waals surface area (Å²) < 4.78 is 7.21. The van der Waals surface area contributed by atoms with E-state index < -0.39 is 0 Å². The van der Waals surface area contributed by atoms with E-state index >= 15 is 0 Å². The summed E-state index contributed by atoms with van der Waals surface area (Å²) in [6.45, 7) is 6.49. The summed E-state index contributed by atoms with van der Waals surface area (Å²) in [5.74, 6) is 0.570. The van der Waals surface area contributed by atoms with Crippen LogP contribution in [0.4, 0.5) is 0 Å². The van der Waals surface area contributed by atoms with Crippen molar-refractivity contribution in [2.24, 2.45) is 18.9 Å². The van der Waals surface area contributed by atoms with E-state index in [1.807, 2.05) is 29.9 Å². The molecule has 0 saturated heterocycles. The number of aryl methyl sites for hydroxylation is 1. The van der Waals surface area contributed by atoms with Gasteiger partial charge >= 0.3 is 0 Å². The molecule has 1 aliphatic rings. The number of ether oxygens (including phenoxy) is 1. The van der Waals surface area contributed by atoms with Crippen LogP contribution in [-0.2, 0) is 27.9 Å². The highest BCUT2D eigenvalue weighted by atomic mass is 16.5. The van der Waals surface area contributed by atoms with Crippen LogP contribution in [-0.4, -0.2) is 59.5 Å². The highest BCUT2D eigenvalue weighted by molar-refractivity contribution is 5.86. The molecule has 0 aromatic carbocycles.